The molecule has 0 radical (unpaired) electrons. The molecule has 1 fully saturated rings. The minimum atomic E-state index is 0.536. The highest BCUT2D eigenvalue weighted by Gasteiger charge is 2.26. The lowest BCUT2D eigenvalue weighted by molar-refractivity contribution is 0.315. The average molecular weight is 233 g/mol. The van der Waals surface area contributed by atoms with Crippen LogP contribution in [0.1, 0.15) is 6.42 Å². The zero-order valence-electron chi connectivity index (χ0n) is 8.27. The van der Waals surface area contributed by atoms with Gasteiger partial charge in [0.25, 0.3) is 0 Å². The third kappa shape index (κ3) is 1.85. The maximum absolute atomic E-state index is 5.93. The van der Waals surface area contributed by atoms with E-state index in [-0.39, 0.29) is 0 Å². The fraction of sp³-hybridized carbons (Fsp3) is 0.750. The van der Waals surface area contributed by atoms with Crippen molar-refractivity contribution in [3.8, 4) is 0 Å². The van der Waals surface area contributed by atoms with Gasteiger partial charge in [0.15, 0.2) is 11.0 Å². The van der Waals surface area contributed by atoms with Crippen molar-refractivity contribution in [3.05, 3.63) is 5.15 Å². The summed E-state index contributed by atoms with van der Waals surface area (Å²) in [6, 6.07) is 0.604. The molecule has 4 nitrogen and oxygen atoms in total. The van der Waals surface area contributed by atoms with Crippen molar-refractivity contribution in [1.82, 2.24) is 13.6 Å². The predicted octanol–water partition coefficient (Wildman–Crippen LogP) is 1.33. The van der Waals surface area contributed by atoms with Gasteiger partial charge in [0.05, 0.1) is 11.7 Å². The fourth-order valence-corrected chi connectivity index (χ4v) is 2.50. The quantitative estimate of drug-likeness (QED) is 0.770. The Morgan fingerprint density at radius 3 is 2.79 bits per heavy atom. The monoisotopic (exact) mass is 232 g/mol. The second-order valence-electron chi connectivity index (χ2n) is 3.73. The SMILES string of the molecule is CN(C)[C@@H]1CCN(c2nsnc2Cl)C1. The number of anilines is 1. The van der Waals surface area contributed by atoms with E-state index in [1.807, 2.05) is 0 Å². The second-order valence-corrected chi connectivity index (χ2v) is 4.62. The molecule has 0 aliphatic carbocycles. The van der Waals surface area contributed by atoms with E-state index in [1.165, 1.54) is 18.1 Å². The number of likely N-dealkylation sites (N-methyl/N-ethyl adjacent to an activating group) is 1. The highest BCUT2D eigenvalue weighted by molar-refractivity contribution is 6.99. The molecular formula is C8H13ClN4S. The minimum Gasteiger partial charge on any atom is -0.352 e. The molecule has 14 heavy (non-hydrogen) atoms. The van der Waals surface area contributed by atoms with Crippen LogP contribution in [0, 0.1) is 0 Å². The first-order valence-corrected chi connectivity index (χ1v) is 5.68. The van der Waals surface area contributed by atoms with Gasteiger partial charge in [-0.3, -0.25) is 0 Å². The molecule has 6 heteroatoms. The van der Waals surface area contributed by atoms with Crippen LogP contribution in [0.4, 0.5) is 5.82 Å². The molecule has 1 aromatic heterocycles. The number of nitrogens with zero attached hydrogens (tertiary/aromatic N) is 4. The Bertz CT molecular complexity index is 314. The molecule has 0 amide bonds. The summed E-state index contributed by atoms with van der Waals surface area (Å²) in [5.74, 6) is 0.848. The molecule has 0 bridgehead atoms. The zero-order valence-corrected chi connectivity index (χ0v) is 9.85. The smallest absolute Gasteiger partial charge is 0.187 e. The van der Waals surface area contributed by atoms with E-state index in [1.54, 1.807) is 0 Å². The van der Waals surface area contributed by atoms with Crippen LogP contribution in [0.2, 0.25) is 5.15 Å². The van der Waals surface area contributed by atoms with Crippen molar-refractivity contribution >= 4 is 29.1 Å². The second kappa shape index (κ2) is 4.00. The van der Waals surface area contributed by atoms with E-state index in [4.69, 9.17) is 11.6 Å². The van der Waals surface area contributed by atoms with Gasteiger partial charge in [0.2, 0.25) is 0 Å². The largest absolute Gasteiger partial charge is 0.352 e. The van der Waals surface area contributed by atoms with Gasteiger partial charge in [-0.15, -0.1) is 0 Å². The van der Waals surface area contributed by atoms with Crippen LogP contribution >= 0.6 is 23.3 Å². The zero-order chi connectivity index (χ0) is 10.1. The average Bonchev–Trinajstić information content (AvgIpc) is 2.71. The maximum atomic E-state index is 5.93. The van der Waals surface area contributed by atoms with Crippen LogP contribution in [0.3, 0.4) is 0 Å². The summed E-state index contributed by atoms with van der Waals surface area (Å²) in [5, 5.41) is 0.536. The number of rotatable bonds is 2. The Kier molecular flexibility index (Phi) is 2.90. The third-order valence-corrected chi connectivity index (χ3v) is 3.50. The summed E-state index contributed by atoms with van der Waals surface area (Å²) >= 11 is 7.10. The first-order chi connectivity index (χ1) is 6.68. The van der Waals surface area contributed by atoms with E-state index in [9.17, 15) is 0 Å². The summed E-state index contributed by atoms with van der Waals surface area (Å²) in [4.78, 5) is 4.45. The maximum Gasteiger partial charge on any atom is 0.187 e. The van der Waals surface area contributed by atoms with Crippen molar-refractivity contribution in [3.63, 3.8) is 0 Å². The minimum absolute atomic E-state index is 0.536. The summed E-state index contributed by atoms with van der Waals surface area (Å²) in [7, 11) is 4.21. The topological polar surface area (TPSA) is 32.3 Å². The van der Waals surface area contributed by atoms with E-state index in [0.717, 1.165) is 18.9 Å². The van der Waals surface area contributed by atoms with Gasteiger partial charge in [-0.1, -0.05) is 11.6 Å². The van der Waals surface area contributed by atoms with Gasteiger partial charge in [0, 0.05) is 19.1 Å². The number of aromatic nitrogens is 2. The summed E-state index contributed by atoms with van der Waals surface area (Å²) in [6.07, 6.45) is 1.17. The first-order valence-electron chi connectivity index (χ1n) is 4.58. The summed E-state index contributed by atoms with van der Waals surface area (Å²) in [6.45, 7) is 2.02. The van der Waals surface area contributed by atoms with Crippen LogP contribution in [-0.2, 0) is 0 Å². The van der Waals surface area contributed by atoms with Crippen molar-refractivity contribution < 1.29 is 0 Å². The van der Waals surface area contributed by atoms with Crippen LogP contribution < -0.4 is 4.90 Å². The van der Waals surface area contributed by atoms with Gasteiger partial charge in [-0.05, 0) is 20.5 Å². The van der Waals surface area contributed by atoms with E-state index < -0.39 is 0 Å². The lowest BCUT2D eigenvalue weighted by atomic mass is 10.2. The van der Waals surface area contributed by atoms with Crippen LogP contribution in [0.25, 0.3) is 0 Å². The Balaban J connectivity index is 2.06. The molecule has 0 saturated carbocycles. The van der Waals surface area contributed by atoms with E-state index >= 15 is 0 Å². The highest BCUT2D eigenvalue weighted by Crippen LogP contribution is 2.27. The Morgan fingerprint density at radius 2 is 2.29 bits per heavy atom. The van der Waals surface area contributed by atoms with Crippen molar-refractivity contribution in [2.75, 3.05) is 32.1 Å². The van der Waals surface area contributed by atoms with Crippen molar-refractivity contribution in [2.24, 2.45) is 0 Å². The molecule has 2 rings (SSSR count). The van der Waals surface area contributed by atoms with E-state index in [0.29, 0.717) is 11.2 Å². The van der Waals surface area contributed by atoms with Crippen LogP contribution in [-0.4, -0.2) is 46.9 Å². The van der Waals surface area contributed by atoms with Crippen molar-refractivity contribution in [1.29, 1.82) is 0 Å². The molecule has 1 atom stereocenters. The predicted molar refractivity (Wildman–Crippen MR) is 59.2 cm³/mol. The molecular weight excluding hydrogens is 220 g/mol. The molecule has 0 unspecified atom stereocenters. The molecule has 78 valence electrons. The van der Waals surface area contributed by atoms with Gasteiger partial charge in [0.1, 0.15) is 0 Å². The standard InChI is InChI=1S/C8H13ClN4S/c1-12(2)6-3-4-13(5-6)8-7(9)10-14-11-8/h6H,3-5H2,1-2H3/t6-/m1/s1. The highest BCUT2D eigenvalue weighted by atomic mass is 35.5. The number of hydrogen-bond acceptors (Lipinski definition) is 5. The molecule has 1 aliphatic heterocycles. The lowest BCUT2D eigenvalue weighted by Gasteiger charge is -2.19. The van der Waals surface area contributed by atoms with E-state index in [2.05, 4.69) is 32.6 Å². The molecule has 1 aromatic rings. The summed E-state index contributed by atoms with van der Waals surface area (Å²) < 4.78 is 8.17. The van der Waals surface area contributed by atoms with Gasteiger partial charge < -0.3 is 9.80 Å². The molecule has 0 spiro atoms. The molecule has 0 aromatic carbocycles. The van der Waals surface area contributed by atoms with Crippen LogP contribution in [0.15, 0.2) is 0 Å². The molecule has 1 aliphatic rings. The number of halogens is 1. The van der Waals surface area contributed by atoms with Crippen molar-refractivity contribution in [2.45, 2.75) is 12.5 Å². The van der Waals surface area contributed by atoms with Gasteiger partial charge >= 0.3 is 0 Å². The van der Waals surface area contributed by atoms with Gasteiger partial charge in [-0.25, -0.2) is 0 Å². The third-order valence-electron chi connectivity index (χ3n) is 2.63. The van der Waals surface area contributed by atoms with Gasteiger partial charge in [-0.2, -0.15) is 8.75 Å². The molecule has 2 heterocycles. The van der Waals surface area contributed by atoms with Crippen LogP contribution in [0.5, 0.6) is 0 Å². The molecule has 0 N–H and O–H groups in total. The number of hydrogen-bond donors (Lipinski definition) is 0. The Hall–Kier alpha value is -0.390. The fourth-order valence-electron chi connectivity index (χ4n) is 1.72. The first kappa shape index (κ1) is 10.1. The normalized spacial score (nSPS) is 22.3. The Labute approximate surface area is 92.8 Å². The molecule has 1 saturated heterocycles. The Morgan fingerprint density at radius 1 is 1.50 bits per heavy atom. The summed E-state index contributed by atoms with van der Waals surface area (Å²) in [5.41, 5.74) is 0. The lowest BCUT2D eigenvalue weighted by Crippen LogP contribution is -2.31.